The van der Waals surface area contributed by atoms with Crippen molar-refractivity contribution in [3.05, 3.63) is 0 Å². The van der Waals surface area contributed by atoms with Crippen molar-refractivity contribution in [2.24, 2.45) is 0 Å². The second-order valence-corrected chi connectivity index (χ2v) is 3.38. The molecule has 4 atom stereocenters. The number of hydrogen-bond acceptors (Lipinski definition) is 2. The molecule has 2 aliphatic heterocycles. The first-order valence-electron chi connectivity index (χ1n) is 4.59. The molecule has 2 fully saturated rings. The predicted octanol–water partition coefficient (Wildman–Crippen LogP) is 1.38. The lowest BCUT2D eigenvalue weighted by molar-refractivity contribution is 0.217. The van der Waals surface area contributed by atoms with E-state index in [-0.39, 0.29) is 51.0 Å². The lowest BCUT2D eigenvalue weighted by atomic mass is 10.3. The Kier molecular flexibility index (Phi) is 10.8. The van der Waals surface area contributed by atoms with Gasteiger partial charge in [-0.15, -0.1) is 24.8 Å². The first-order valence-corrected chi connectivity index (χ1v) is 4.59. The first kappa shape index (κ1) is 18.6. The van der Waals surface area contributed by atoms with Gasteiger partial charge < -0.3 is 10.6 Å². The van der Waals surface area contributed by atoms with Gasteiger partial charge in [0.25, 0.3) is 0 Å². The summed E-state index contributed by atoms with van der Waals surface area (Å²) in [4.78, 5) is 0. The summed E-state index contributed by atoms with van der Waals surface area (Å²) in [6, 6.07) is 0. The monoisotopic (exact) mass is 286 g/mol. The second-order valence-electron chi connectivity index (χ2n) is 3.38. The molecule has 0 amide bonds. The molecule has 0 aromatic rings. The Morgan fingerprint density at radius 2 is 0.750 bits per heavy atom. The number of halogens is 6. The van der Waals surface area contributed by atoms with E-state index < -0.39 is 24.7 Å². The van der Waals surface area contributed by atoms with Crippen LogP contribution in [0.3, 0.4) is 0 Å². The molecule has 0 aliphatic carbocycles. The standard InChI is InChI=1S/2C4H7F2N.2ClH/c2*5-3-1-7-2-4(3)6;;/h2*3-4,7H,1-2H2;2*1H/t2*3-,4-;;/m10../s1. The Morgan fingerprint density at radius 3 is 0.812 bits per heavy atom. The van der Waals surface area contributed by atoms with Gasteiger partial charge in [-0.2, -0.15) is 0 Å². The number of alkyl halides is 4. The SMILES string of the molecule is Cl.Cl.F[C@@H]1CNC[C@H]1F.F[C@H]1CNC[C@@H]1F. The molecule has 2 rings (SSSR count). The van der Waals surface area contributed by atoms with Crippen molar-refractivity contribution in [3.63, 3.8) is 0 Å². The van der Waals surface area contributed by atoms with Gasteiger partial charge in [0.1, 0.15) is 24.7 Å². The molecule has 8 heteroatoms. The van der Waals surface area contributed by atoms with Crippen LogP contribution in [0.4, 0.5) is 17.6 Å². The molecule has 100 valence electrons. The van der Waals surface area contributed by atoms with E-state index >= 15 is 0 Å². The molecule has 2 nitrogen and oxygen atoms in total. The Bertz CT molecular complexity index is 144. The molecule has 0 radical (unpaired) electrons. The highest BCUT2D eigenvalue weighted by molar-refractivity contribution is 5.85. The van der Waals surface area contributed by atoms with E-state index in [1.165, 1.54) is 0 Å². The van der Waals surface area contributed by atoms with Crippen molar-refractivity contribution in [2.75, 3.05) is 26.2 Å². The Hall–Kier alpha value is 0.220. The van der Waals surface area contributed by atoms with E-state index in [1.54, 1.807) is 0 Å². The maximum Gasteiger partial charge on any atom is 0.145 e. The fourth-order valence-electron chi connectivity index (χ4n) is 1.23. The van der Waals surface area contributed by atoms with Gasteiger partial charge in [-0.05, 0) is 0 Å². The molecule has 2 saturated heterocycles. The molecule has 2 heterocycles. The Morgan fingerprint density at radius 1 is 0.562 bits per heavy atom. The highest BCUT2D eigenvalue weighted by atomic mass is 35.5. The van der Waals surface area contributed by atoms with Crippen LogP contribution in [0.25, 0.3) is 0 Å². The third kappa shape index (κ3) is 6.08. The molecule has 0 saturated carbocycles. The van der Waals surface area contributed by atoms with Crippen LogP contribution in [0.15, 0.2) is 0 Å². The zero-order valence-corrected chi connectivity index (χ0v) is 10.1. The van der Waals surface area contributed by atoms with E-state index in [4.69, 9.17) is 0 Å². The van der Waals surface area contributed by atoms with Crippen LogP contribution in [0, 0.1) is 0 Å². The van der Waals surface area contributed by atoms with E-state index in [9.17, 15) is 17.6 Å². The van der Waals surface area contributed by atoms with Crippen LogP contribution in [-0.2, 0) is 0 Å². The predicted molar refractivity (Wildman–Crippen MR) is 59.8 cm³/mol. The topological polar surface area (TPSA) is 24.1 Å². The molecular formula is C8H16Cl2F4N2. The smallest absolute Gasteiger partial charge is 0.145 e. The quantitative estimate of drug-likeness (QED) is 0.658. The van der Waals surface area contributed by atoms with Crippen LogP contribution in [-0.4, -0.2) is 50.9 Å². The molecule has 2 aliphatic rings. The molecule has 0 bridgehead atoms. The molecule has 0 aromatic heterocycles. The van der Waals surface area contributed by atoms with Crippen molar-refractivity contribution in [3.8, 4) is 0 Å². The van der Waals surface area contributed by atoms with Crippen molar-refractivity contribution < 1.29 is 17.6 Å². The summed E-state index contributed by atoms with van der Waals surface area (Å²) in [5, 5.41) is 5.14. The van der Waals surface area contributed by atoms with Crippen LogP contribution >= 0.6 is 24.8 Å². The Labute approximate surface area is 104 Å². The average Bonchev–Trinajstić information content (AvgIpc) is 2.67. The van der Waals surface area contributed by atoms with Gasteiger partial charge in [-0.3, -0.25) is 0 Å². The summed E-state index contributed by atoms with van der Waals surface area (Å²) >= 11 is 0. The fourth-order valence-corrected chi connectivity index (χ4v) is 1.23. The first-order chi connectivity index (χ1) is 6.61. The summed E-state index contributed by atoms with van der Waals surface area (Å²) in [5.74, 6) is 0. The summed E-state index contributed by atoms with van der Waals surface area (Å²) in [5.41, 5.74) is 0. The van der Waals surface area contributed by atoms with Gasteiger partial charge in [0.15, 0.2) is 0 Å². The molecule has 0 spiro atoms. The third-order valence-electron chi connectivity index (χ3n) is 2.14. The number of nitrogens with one attached hydrogen (secondary N) is 2. The maximum atomic E-state index is 11.9. The summed E-state index contributed by atoms with van der Waals surface area (Å²) in [6.45, 7) is 0.727. The highest BCUT2D eigenvalue weighted by Crippen LogP contribution is 2.07. The largest absolute Gasteiger partial charge is 0.311 e. The van der Waals surface area contributed by atoms with E-state index in [1.807, 2.05) is 0 Å². The van der Waals surface area contributed by atoms with Gasteiger partial charge in [0, 0.05) is 26.2 Å². The van der Waals surface area contributed by atoms with Gasteiger partial charge in [0.05, 0.1) is 0 Å². The number of hydrogen-bond donors (Lipinski definition) is 2. The summed E-state index contributed by atoms with van der Waals surface area (Å²) in [6.07, 6.45) is -5.06. The van der Waals surface area contributed by atoms with Crippen molar-refractivity contribution >= 4 is 24.8 Å². The fraction of sp³-hybridized carbons (Fsp3) is 1.00. The van der Waals surface area contributed by atoms with E-state index in [0.717, 1.165) is 0 Å². The minimum Gasteiger partial charge on any atom is -0.311 e. The normalized spacial score (nSPS) is 36.8. The lowest BCUT2D eigenvalue weighted by Gasteiger charge is -1.95. The molecular weight excluding hydrogens is 271 g/mol. The van der Waals surface area contributed by atoms with Crippen LogP contribution in [0.1, 0.15) is 0 Å². The number of rotatable bonds is 0. The molecule has 0 aromatic carbocycles. The minimum absolute atomic E-state index is 0. The highest BCUT2D eigenvalue weighted by Gasteiger charge is 2.25. The minimum atomic E-state index is -1.26. The molecule has 16 heavy (non-hydrogen) atoms. The van der Waals surface area contributed by atoms with Crippen molar-refractivity contribution in [2.45, 2.75) is 24.7 Å². The van der Waals surface area contributed by atoms with Gasteiger partial charge in [-0.25, -0.2) is 17.6 Å². The van der Waals surface area contributed by atoms with E-state index in [2.05, 4.69) is 10.6 Å². The zero-order chi connectivity index (χ0) is 10.6. The van der Waals surface area contributed by atoms with Gasteiger partial charge >= 0.3 is 0 Å². The molecule has 2 N–H and O–H groups in total. The second kappa shape index (κ2) is 9.27. The van der Waals surface area contributed by atoms with Crippen LogP contribution in [0.2, 0.25) is 0 Å². The van der Waals surface area contributed by atoms with Crippen molar-refractivity contribution in [1.29, 1.82) is 0 Å². The maximum absolute atomic E-state index is 11.9. The van der Waals surface area contributed by atoms with Crippen molar-refractivity contribution in [1.82, 2.24) is 10.6 Å². The lowest BCUT2D eigenvalue weighted by Crippen LogP contribution is -2.12. The van der Waals surface area contributed by atoms with Gasteiger partial charge in [-0.1, -0.05) is 0 Å². The molecule has 0 unspecified atom stereocenters. The average molecular weight is 287 g/mol. The van der Waals surface area contributed by atoms with Crippen LogP contribution in [0.5, 0.6) is 0 Å². The van der Waals surface area contributed by atoms with Gasteiger partial charge in [0.2, 0.25) is 0 Å². The van der Waals surface area contributed by atoms with E-state index in [0.29, 0.717) is 0 Å². The zero-order valence-electron chi connectivity index (χ0n) is 8.47. The summed E-state index contributed by atoms with van der Waals surface area (Å²) < 4.78 is 47.5. The third-order valence-corrected chi connectivity index (χ3v) is 2.14. The summed E-state index contributed by atoms with van der Waals surface area (Å²) in [7, 11) is 0. The van der Waals surface area contributed by atoms with Crippen LogP contribution < -0.4 is 10.6 Å². The Balaban J connectivity index is 0.